The Balaban J connectivity index is 2.15. The number of rotatable bonds is 1. The molecule has 2 aliphatic rings. The van der Waals surface area contributed by atoms with Gasteiger partial charge in [0.25, 0.3) is 0 Å². The molecule has 1 heteroatoms. The van der Waals surface area contributed by atoms with Crippen LogP contribution in [0.5, 0.6) is 0 Å². The van der Waals surface area contributed by atoms with Gasteiger partial charge in [0.1, 0.15) is 0 Å². The average molecular weight is 111 g/mol. The van der Waals surface area contributed by atoms with Gasteiger partial charge in [0.15, 0.2) is 0 Å². The normalized spacial score (nSPS) is 36.8. The van der Waals surface area contributed by atoms with E-state index in [-0.39, 0.29) is 0 Å². The second-order valence-electron chi connectivity index (χ2n) is 3.72. The number of hydrogen-bond donors (Lipinski definition) is 1. The van der Waals surface area contributed by atoms with Crippen molar-refractivity contribution in [3.05, 3.63) is 0 Å². The lowest BCUT2D eigenvalue weighted by Crippen LogP contribution is -2.31. The Labute approximate surface area is 50.3 Å². The third-order valence-corrected chi connectivity index (χ3v) is 2.99. The van der Waals surface area contributed by atoms with Crippen molar-refractivity contribution in [3.8, 4) is 0 Å². The van der Waals surface area contributed by atoms with Crippen LogP contribution >= 0.6 is 0 Å². The summed E-state index contributed by atoms with van der Waals surface area (Å²) in [5, 5.41) is 0. The zero-order valence-electron chi connectivity index (χ0n) is 5.41. The topological polar surface area (TPSA) is 26.0 Å². The molecule has 2 aliphatic carbocycles. The molecule has 0 saturated heterocycles. The maximum Gasteiger partial charge on any atom is 0.0210 e. The first-order valence-corrected chi connectivity index (χ1v) is 3.45. The zero-order valence-corrected chi connectivity index (χ0v) is 5.41. The maximum atomic E-state index is 5.99. The van der Waals surface area contributed by atoms with E-state index in [1.165, 1.54) is 25.7 Å². The lowest BCUT2D eigenvalue weighted by molar-refractivity contribution is 0.418. The van der Waals surface area contributed by atoms with E-state index in [1.54, 1.807) is 0 Å². The Kier molecular flexibility index (Phi) is 0.583. The molecule has 0 aromatic carbocycles. The van der Waals surface area contributed by atoms with E-state index in [2.05, 4.69) is 6.92 Å². The average Bonchev–Trinajstić information content (AvgIpc) is 2.46. The smallest absolute Gasteiger partial charge is 0.0210 e. The molecule has 2 N–H and O–H groups in total. The van der Waals surface area contributed by atoms with Crippen LogP contribution in [-0.2, 0) is 0 Å². The van der Waals surface area contributed by atoms with Crippen LogP contribution in [0.15, 0.2) is 0 Å². The summed E-state index contributed by atoms with van der Waals surface area (Å²) in [5.41, 5.74) is 6.86. The molecule has 0 radical (unpaired) electrons. The van der Waals surface area contributed by atoms with E-state index in [4.69, 9.17) is 5.73 Å². The summed E-state index contributed by atoms with van der Waals surface area (Å²) < 4.78 is 0. The van der Waals surface area contributed by atoms with E-state index in [0.717, 1.165) is 0 Å². The molecule has 2 fully saturated rings. The minimum atomic E-state index is 0.299. The molecule has 0 heterocycles. The highest BCUT2D eigenvalue weighted by Gasteiger charge is 2.59. The summed E-state index contributed by atoms with van der Waals surface area (Å²) in [4.78, 5) is 0. The monoisotopic (exact) mass is 111 g/mol. The predicted molar refractivity (Wildman–Crippen MR) is 33.5 cm³/mol. The molecule has 0 aliphatic heterocycles. The summed E-state index contributed by atoms with van der Waals surface area (Å²) >= 11 is 0. The van der Waals surface area contributed by atoms with Gasteiger partial charge in [-0.25, -0.2) is 0 Å². The van der Waals surface area contributed by atoms with Crippen molar-refractivity contribution in [2.75, 3.05) is 0 Å². The van der Waals surface area contributed by atoms with E-state index >= 15 is 0 Å². The first-order valence-electron chi connectivity index (χ1n) is 3.45. The minimum absolute atomic E-state index is 0.299. The van der Waals surface area contributed by atoms with Crippen LogP contribution in [0.25, 0.3) is 0 Å². The molecule has 0 bridgehead atoms. The quantitative estimate of drug-likeness (QED) is 0.542. The highest BCUT2D eigenvalue weighted by atomic mass is 14.9. The van der Waals surface area contributed by atoms with E-state index in [0.29, 0.717) is 11.0 Å². The molecule has 1 nitrogen and oxygen atoms in total. The Morgan fingerprint density at radius 3 is 1.75 bits per heavy atom. The van der Waals surface area contributed by atoms with Gasteiger partial charge < -0.3 is 5.73 Å². The van der Waals surface area contributed by atoms with Crippen molar-refractivity contribution in [1.29, 1.82) is 0 Å². The Hall–Kier alpha value is -0.0400. The van der Waals surface area contributed by atoms with Crippen LogP contribution in [-0.4, -0.2) is 5.54 Å². The van der Waals surface area contributed by atoms with E-state index in [9.17, 15) is 0 Å². The Bertz CT molecular complexity index is 104. The van der Waals surface area contributed by atoms with Crippen molar-refractivity contribution in [2.24, 2.45) is 11.1 Å². The van der Waals surface area contributed by atoms with Gasteiger partial charge >= 0.3 is 0 Å². The van der Waals surface area contributed by atoms with E-state index < -0.39 is 0 Å². The maximum absolute atomic E-state index is 5.99. The molecule has 46 valence electrons. The summed E-state index contributed by atoms with van der Waals surface area (Å²) in [5.74, 6) is 0. The van der Waals surface area contributed by atoms with Crippen LogP contribution in [0.2, 0.25) is 0 Å². The van der Waals surface area contributed by atoms with Crippen molar-refractivity contribution >= 4 is 0 Å². The van der Waals surface area contributed by atoms with Gasteiger partial charge in [-0.15, -0.1) is 0 Å². The zero-order chi connectivity index (χ0) is 5.83. The fraction of sp³-hybridized carbons (Fsp3) is 1.00. The summed E-state index contributed by atoms with van der Waals surface area (Å²) in [6.07, 6.45) is 5.32. The molecule has 8 heavy (non-hydrogen) atoms. The minimum Gasteiger partial charge on any atom is -0.325 e. The Morgan fingerprint density at radius 2 is 1.62 bits per heavy atom. The van der Waals surface area contributed by atoms with Crippen molar-refractivity contribution in [1.82, 2.24) is 0 Å². The lowest BCUT2D eigenvalue weighted by atomic mass is 9.98. The second-order valence-corrected chi connectivity index (χ2v) is 3.72. The Morgan fingerprint density at radius 1 is 1.12 bits per heavy atom. The molecule has 2 rings (SSSR count). The number of hydrogen-bond acceptors (Lipinski definition) is 1. The molecule has 0 atom stereocenters. The van der Waals surface area contributed by atoms with Gasteiger partial charge in [0.05, 0.1) is 0 Å². The SMILES string of the molecule is CC1(C2(N)CC2)CC1. The van der Waals surface area contributed by atoms with Crippen LogP contribution in [0.1, 0.15) is 32.6 Å². The van der Waals surface area contributed by atoms with Crippen LogP contribution in [0, 0.1) is 5.41 Å². The largest absolute Gasteiger partial charge is 0.325 e. The fourth-order valence-corrected chi connectivity index (χ4v) is 1.42. The van der Waals surface area contributed by atoms with Crippen LogP contribution in [0.3, 0.4) is 0 Å². The van der Waals surface area contributed by atoms with Crippen molar-refractivity contribution < 1.29 is 0 Å². The molecular weight excluding hydrogens is 98.1 g/mol. The van der Waals surface area contributed by atoms with Gasteiger partial charge in [0, 0.05) is 5.54 Å². The lowest BCUT2D eigenvalue weighted by Gasteiger charge is -2.15. The molecular formula is C7H13N. The van der Waals surface area contributed by atoms with Crippen LogP contribution < -0.4 is 5.73 Å². The molecule has 0 aromatic rings. The number of nitrogens with two attached hydrogens (primary N) is 1. The molecule has 2 saturated carbocycles. The fourth-order valence-electron chi connectivity index (χ4n) is 1.42. The van der Waals surface area contributed by atoms with Gasteiger partial charge in [-0.05, 0) is 31.1 Å². The second kappa shape index (κ2) is 0.971. The standard InChI is InChI=1S/C7H13N/c1-6(2-3-6)7(8)4-5-7/h2-5,8H2,1H3. The first-order chi connectivity index (χ1) is 3.66. The third kappa shape index (κ3) is 0.408. The molecule has 0 aromatic heterocycles. The predicted octanol–water partition coefficient (Wildman–Crippen LogP) is 1.28. The summed E-state index contributed by atoms with van der Waals surface area (Å²) in [7, 11) is 0. The first kappa shape index (κ1) is 4.80. The van der Waals surface area contributed by atoms with Gasteiger partial charge in [-0.2, -0.15) is 0 Å². The van der Waals surface area contributed by atoms with Crippen LogP contribution in [0.4, 0.5) is 0 Å². The molecule has 0 spiro atoms. The van der Waals surface area contributed by atoms with Gasteiger partial charge in [0.2, 0.25) is 0 Å². The van der Waals surface area contributed by atoms with E-state index in [1.807, 2.05) is 0 Å². The molecule has 0 amide bonds. The van der Waals surface area contributed by atoms with Crippen molar-refractivity contribution in [2.45, 2.75) is 38.1 Å². The van der Waals surface area contributed by atoms with Crippen molar-refractivity contribution in [3.63, 3.8) is 0 Å². The van der Waals surface area contributed by atoms with Gasteiger partial charge in [-0.1, -0.05) is 6.92 Å². The third-order valence-electron chi connectivity index (χ3n) is 2.99. The summed E-state index contributed by atoms with van der Waals surface area (Å²) in [6.45, 7) is 2.32. The van der Waals surface area contributed by atoms with Gasteiger partial charge in [-0.3, -0.25) is 0 Å². The highest BCUT2D eigenvalue weighted by molar-refractivity contribution is 5.16. The molecule has 0 unspecified atom stereocenters. The summed E-state index contributed by atoms with van der Waals surface area (Å²) in [6, 6.07) is 0. The highest BCUT2D eigenvalue weighted by Crippen LogP contribution is 2.62.